The summed E-state index contributed by atoms with van der Waals surface area (Å²) in [5.41, 5.74) is 2.90. The third kappa shape index (κ3) is 8.38. The highest BCUT2D eigenvalue weighted by Gasteiger charge is 2.27. The van der Waals surface area contributed by atoms with Crippen LogP contribution < -0.4 is 14.4 Å². The zero-order chi connectivity index (χ0) is 30.3. The van der Waals surface area contributed by atoms with Gasteiger partial charge >= 0.3 is 0 Å². The highest BCUT2D eigenvalue weighted by Crippen LogP contribution is 2.36. The molecular formula is C31H31ClF2N2O4S2. The smallest absolute Gasteiger partial charge is 0.278 e. The van der Waals surface area contributed by atoms with E-state index >= 15 is 0 Å². The number of alkyl halides is 2. The van der Waals surface area contributed by atoms with Gasteiger partial charge in [-0.2, -0.15) is 11.3 Å². The van der Waals surface area contributed by atoms with Crippen molar-refractivity contribution in [3.63, 3.8) is 0 Å². The lowest BCUT2D eigenvalue weighted by Gasteiger charge is -2.27. The minimum Gasteiger partial charge on any atom is -0.487 e. The lowest BCUT2D eigenvalue weighted by atomic mass is 10.0. The van der Waals surface area contributed by atoms with Gasteiger partial charge in [0.15, 0.2) is 6.61 Å². The normalized spacial score (nSPS) is 11.8. The first-order chi connectivity index (χ1) is 20.0. The maximum atomic E-state index is 14.0. The standard InChI is InChI=1S/C31H31ClF2N2O4S2/c1-3-14-35-42(38,39)26-10-11-27(23-7-5-4-6-8-23)28(18-26)36(30(37)16-22-13-15-41-20-22)19-24-17-25(32)9-12-29(24)40-21-31(2,33)34/h4-13,15,17-18,20,35H,3,14,16,19,21H2,1-2H3. The van der Waals surface area contributed by atoms with Crippen LogP contribution in [0.25, 0.3) is 11.1 Å². The molecule has 4 rings (SSSR count). The Morgan fingerprint density at radius 2 is 1.83 bits per heavy atom. The molecule has 0 unspecified atom stereocenters. The van der Waals surface area contributed by atoms with Crippen LogP contribution in [0, 0.1) is 0 Å². The second-order valence-corrected chi connectivity index (χ2v) is 12.8. The number of carbonyl (C=O) groups excluding carboxylic acids is 1. The summed E-state index contributed by atoms with van der Waals surface area (Å²) in [5, 5.41) is 4.05. The number of nitrogens with one attached hydrogen (secondary N) is 1. The maximum absolute atomic E-state index is 14.0. The van der Waals surface area contributed by atoms with Gasteiger partial charge in [-0.1, -0.05) is 54.9 Å². The average molecular weight is 633 g/mol. The highest BCUT2D eigenvalue weighted by atomic mass is 35.5. The van der Waals surface area contributed by atoms with Crippen molar-refractivity contribution >= 4 is 44.6 Å². The summed E-state index contributed by atoms with van der Waals surface area (Å²) < 4.78 is 61.7. The monoisotopic (exact) mass is 632 g/mol. The Hall–Kier alpha value is -3.31. The number of anilines is 1. The predicted molar refractivity (Wildman–Crippen MR) is 164 cm³/mol. The Balaban J connectivity index is 1.88. The molecule has 0 spiro atoms. The Morgan fingerprint density at radius 1 is 1.07 bits per heavy atom. The number of amides is 1. The van der Waals surface area contributed by atoms with E-state index in [9.17, 15) is 22.0 Å². The summed E-state index contributed by atoms with van der Waals surface area (Å²) in [6.45, 7) is 1.89. The largest absolute Gasteiger partial charge is 0.487 e. The van der Waals surface area contributed by atoms with Crippen LogP contribution in [-0.4, -0.2) is 33.4 Å². The summed E-state index contributed by atoms with van der Waals surface area (Å²) in [4.78, 5) is 15.5. The number of ether oxygens (including phenoxy) is 1. The highest BCUT2D eigenvalue weighted by molar-refractivity contribution is 7.89. The number of hydrogen-bond acceptors (Lipinski definition) is 5. The number of benzene rings is 3. The van der Waals surface area contributed by atoms with Crippen molar-refractivity contribution in [2.45, 2.75) is 44.1 Å². The van der Waals surface area contributed by atoms with Crippen LogP contribution in [0.4, 0.5) is 14.5 Å². The van der Waals surface area contributed by atoms with Crippen molar-refractivity contribution in [1.29, 1.82) is 0 Å². The lowest BCUT2D eigenvalue weighted by Crippen LogP contribution is -2.33. The fourth-order valence-corrected chi connectivity index (χ4v) is 6.26. The van der Waals surface area contributed by atoms with E-state index in [-0.39, 0.29) is 36.1 Å². The van der Waals surface area contributed by atoms with Gasteiger partial charge in [-0.3, -0.25) is 4.79 Å². The topological polar surface area (TPSA) is 75.7 Å². The molecular weight excluding hydrogens is 602 g/mol. The molecule has 0 fully saturated rings. The molecule has 0 saturated carbocycles. The van der Waals surface area contributed by atoms with Crippen LogP contribution in [0.5, 0.6) is 5.75 Å². The fraction of sp³-hybridized carbons (Fsp3) is 0.258. The van der Waals surface area contributed by atoms with Crippen LogP contribution in [-0.2, 0) is 27.8 Å². The summed E-state index contributed by atoms with van der Waals surface area (Å²) >= 11 is 7.75. The average Bonchev–Trinajstić information content (AvgIpc) is 3.47. The van der Waals surface area contributed by atoms with E-state index in [4.69, 9.17) is 16.3 Å². The van der Waals surface area contributed by atoms with Crippen molar-refractivity contribution in [3.05, 3.63) is 99.7 Å². The zero-order valence-corrected chi connectivity index (χ0v) is 25.5. The molecule has 0 bridgehead atoms. The number of thiophene rings is 1. The molecule has 222 valence electrons. The van der Waals surface area contributed by atoms with Gasteiger partial charge in [0.25, 0.3) is 5.92 Å². The SMILES string of the molecule is CCCNS(=O)(=O)c1ccc(-c2ccccc2)c(N(Cc2cc(Cl)ccc2OCC(C)(F)F)C(=O)Cc2ccsc2)c1. The van der Waals surface area contributed by atoms with Gasteiger partial charge in [-0.15, -0.1) is 0 Å². The third-order valence-corrected chi connectivity index (χ3v) is 8.69. The van der Waals surface area contributed by atoms with E-state index in [1.54, 1.807) is 12.1 Å². The third-order valence-electron chi connectivity index (χ3n) is 6.27. The predicted octanol–water partition coefficient (Wildman–Crippen LogP) is 7.57. The first kappa shape index (κ1) is 31.6. The molecule has 3 aromatic carbocycles. The van der Waals surface area contributed by atoms with Crippen molar-refractivity contribution in [1.82, 2.24) is 4.72 Å². The molecule has 1 N–H and O–H groups in total. The first-order valence-electron chi connectivity index (χ1n) is 13.3. The molecule has 4 aromatic rings. The minimum atomic E-state index is -3.88. The van der Waals surface area contributed by atoms with Crippen molar-refractivity contribution in [2.24, 2.45) is 0 Å². The number of carbonyl (C=O) groups is 1. The minimum absolute atomic E-state index is 0.00726. The molecule has 1 heterocycles. The van der Waals surface area contributed by atoms with E-state index in [0.29, 0.717) is 28.3 Å². The Bertz CT molecular complexity index is 1610. The molecule has 0 aliphatic heterocycles. The van der Waals surface area contributed by atoms with Crippen LogP contribution >= 0.6 is 22.9 Å². The van der Waals surface area contributed by atoms with Gasteiger partial charge in [0, 0.05) is 29.6 Å². The Labute approximate surface area is 254 Å². The Morgan fingerprint density at radius 3 is 2.50 bits per heavy atom. The summed E-state index contributed by atoms with van der Waals surface area (Å²) in [6.07, 6.45) is 0.639. The summed E-state index contributed by atoms with van der Waals surface area (Å²) in [5.74, 6) is -3.27. The second kappa shape index (κ2) is 13.8. The molecule has 0 aliphatic carbocycles. The summed E-state index contributed by atoms with van der Waals surface area (Å²) in [7, 11) is -3.88. The lowest BCUT2D eigenvalue weighted by molar-refractivity contribution is -0.118. The van der Waals surface area contributed by atoms with Gasteiger partial charge in [-0.25, -0.2) is 21.9 Å². The van der Waals surface area contributed by atoms with E-state index in [0.717, 1.165) is 18.1 Å². The van der Waals surface area contributed by atoms with Crippen molar-refractivity contribution in [3.8, 4) is 16.9 Å². The van der Waals surface area contributed by atoms with Gasteiger partial charge in [0.05, 0.1) is 23.5 Å². The van der Waals surface area contributed by atoms with Gasteiger partial charge in [0.2, 0.25) is 15.9 Å². The molecule has 42 heavy (non-hydrogen) atoms. The second-order valence-electron chi connectivity index (χ2n) is 9.84. The molecule has 0 aliphatic rings. The molecule has 1 aromatic heterocycles. The van der Waals surface area contributed by atoms with Gasteiger partial charge < -0.3 is 9.64 Å². The van der Waals surface area contributed by atoms with Crippen LogP contribution in [0.15, 0.2) is 88.5 Å². The van der Waals surface area contributed by atoms with Gasteiger partial charge in [0.1, 0.15) is 5.75 Å². The molecule has 0 radical (unpaired) electrons. The number of hydrogen-bond donors (Lipinski definition) is 1. The quantitative estimate of drug-likeness (QED) is 0.165. The van der Waals surface area contributed by atoms with Crippen molar-refractivity contribution < 1.29 is 26.7 Å². The number of sulfonamides is 1. The number of rotatable bonds is 13. The maximum Gasteiger partial charge on any atom is 0.278 e. The van der Waals surface area contributed by atoms with Crippen LogP contribution in [0.3, 0.4) is 0 Å². The fourth-order valence-electron chi connectivity index (χ4n) is 4.24. The Kier molecular flexibility index (Phi) is 10.4. The molecule has 11 heteroatoms. The molecule has 0 saturated heterocycles. The van der Waals surface area contributed by atoms with Gasteiger partial charge in [-0.05, 0) is 64.7 Å². The number of nitrogens with zero attached hydrogens (tertiary/aromatic N) is 1. The molecule has 6 nitrogen and oxygen atoms in total. The first-order valence-corrected chi connectivity index (χ1v) is 16.1. The van der Waals surface area contributed by atoms with Crippen LogP contribution in [0.2, 0.25) is 5.02 Å². The summed E-state index contributed by atoms with van der Waals surface area (Å²) in [6, 6.07) is 20.3. The van der Waals surface area contributed by atoms with Crippen molar-refractivity contribution in [2.75, 3.05) is 18.1 Å². The van der Waals surface area contributed by atoms with E-state index in [1.165, 1.54) is 40.5 Å². The number of halogens is 3. The zero-order valence-electron chi connectivity index (χ0n) is 23.1. The van der Waals surface area contributed by atoms with E-state index < -0.39 is 22.6 Å². The molecule has 1 amide bonds. The van der Waals surface area contributed by atoms with Crippen LogP contribution in [0.1, 0.15) is 31.4 Å². The van der Waals surface area contributed by atoms with E-state index in [1.807, 2.05) is 54.1 Å². The molecule has 0 atom stereocenters. The van der Waals surface area contributed by atoms with E-state index in [2.05, 4.69) is 4.72 Å².